The average molecular weight is 453 g/mol. The van der Waals surface area contributed by atoms with E-state index in [0.29, 0.717) is 25.9 Å². The topological polar surface area (TPSA) is 107 Å². The largest absolute Gasteiger partial charge is 0.478 e. The van der Waals surface area contributed by atoms with E-state index in [9.17, 15) is 9.18 Å². The molecule has 0 atom stereocenters. The van der Waals surface area contributed by atoms with Gasteiger partial charge in [-0.15, -0.1) is 0 Å². The number of rotatable bonds is 4. The fourth-order valence-electron chi connectivity index (χ4n) is 4.37. The number of hydrogen-bond donors (Lipinski definition) is 2. The average Bonchev–Trinajstić information content (AvgIpc) is 3.24. The van der Waals surface area contributed by atoms with E-state index in [1.54, 1.807) is 0 Å². The highest BCUT2D eigenvalue weighted by Gasteiger charge is 2.29. The quantitative estimate of drug-likeness (QED) is 0.470. The summed E-state index contributed by atoms with van der Waals surface area (Å²) in [5, 5.41) is 3.30. The summed E-state index contributed by atoms with van der Waals surface area (Å²) in [6.45, 7) is 1.21. The van der Waals surface area contributed by atoms with Gasteiger partial charge in [-0.05, 0) is 24.8 Å². The van der Waals surface area contributed by atoms with E-state index in [-0.39, 0.29) is 34.2 Å². The zero-order valence-corrected chi connectivity index (χ0v) is 17.8. The van der Waals surface area contributed by atoms with Crippen LogP contribution >= 0.6 is 0 Å². The van der Waals surface area contributed by atoms with Crippen molar-refractivity contribution in [1.29, 1.82) is 0 Å². The smallest absolute Gasteiger partial charge is 0.317 e. The second-order valence-corrected chi connectivity index (χ2v) is 7.91. The molecular weight excluding hydrogens is 432 g/mol. The Hall–Kier alpha value is -3.95. The molecule has 1 fully saturated rings. The Morgan fingerprint density at radius 2 is 1.97 bits per heavy atom. The first kappa shape index (κ1) is 20.9. The van der Waals surface area contributed by atoms with Gasteiger partial charge in [0.15, 0.2) is 23.3 Å². The number of carbonyl (C=O) groups excluding carboxylic acids is 1. The van der Waals surface area contributed by atoms with Crippen LogP contribution in [-0.2, 0) is 0 Å². The lowest BCUT2D eigenvalue weighted by molar-refractivity contribution is 0.259. The molecule has 0 saturated carbocycles. The third-order valence-electron chi connectivity index (χ3n) is 5.92. The number of nitrogens with one attached hydrogen (secondary N) is 1. The molecule has 1 aliphatic heterocycles. The van der Waals surface area contributed by atoms with Crippen molar-refractivity contribution in [2.45, 2.75) is 18.8 Å². The van der Waals surface area contributed by atoms with Crippen LogP contribution in [0.5, 0.6) is 5.88 Å². The SMILES string of the molecule is COc1nc2c(C3CCN(c4cc5ccccc5o4)CC3)c(F)c(F)cc2nc1NC(N)=O. The van der Waals surface area contributed by atoms with Crippen LogP contribution in [0.15, 0.2) is 40.8 Å². The Labute approximate surface area is 187 Å². The van der Waals surface area contributed by atoms with Crippen LogP contribution in [0.4, 0.5) is 25.3 Å². The summed E-state index contributed by atoms with van der Waals surface area (Å²) in [6.07, 6.45) is 1.13. The molecule has 4 aromatic rings. The molecule has 1 aliphatic rings. The van der Waals surface area contributed by atoms with Gasteiger partial charge in [-0.3, -0.25) is 5.32 Å². The van der Waals surface area contributed by atoms with Crippen LogP contribution in [0.25, 0.3) is 22.0 Å². The number of nitrogens with two attached hydrogens (primary N) is 1. The van der Waals surface area contributed by atoms with Crippen molar-refractivity contribution < 1.29 is 22.7 Å². The van der Waals surface area contributed by atoms with Crippen LogP contribution in [0.3, 0.4) is 0 Å². The molecule has 33 heavy (non-hydrogen) atoms. The third kappa shape index (κ3) is 3.77. The van der Waals surface area contributed by atoms with E-state index in [4.69, 9.17) is 14.9 Å². The summed E-state index contributed by atoms with van der Waals surface area (Å²) in [6, 6.07) is 9.82. The number of carbonyl (C=O) groups is 1. The minimum absolute atomic E-state index is 0.0340. The van der Waals surface area contributed by atoms with Crippen LogP contribution < -0.4 is 20.7 Å². The van der Waals surface area contributed by atoms with Gasteiger partial charge in [0, 0.05) is 36.2 Å². The van der Waals surface area contributed by atoms with Gasteiger partial charge in [0.25, 0.3) is 5.88 Å². The van der Waals surface area contributed by atoms with Gasteiger partial charge in [-0.25, -0.2) is 23.5 Å². The molecule has 0 radical (unpaired) electrons. The Bertz CT molecular complexity index is 1330. The number of amides is 2. The molecule has 0 spiro atoms. The fraction of sp³-hybridized carbons (Fsp3) is 0.261. The molecule has 170 valence electrons. The Balaban J connectivity index is 1.47. The number of ether oxygens (including phenoxy) is 1. The zero-order chi connectivity index (χ0) is 23.1. The summed E-state index contributed by atoms with van der Waals surface area (Å²) in [4.78, 5) is 21.9. The van der Waals surface area contributed by atoms with Crippen molar-refractivity contribution in [3.8, 4) is 5.88 Å². The van der Waals surface area contributed by atoms with Crippen LogP contribution in [0, 0.1) is 11.6 Å². The summed E-state index contributed by atoms with van der Waals surface area (Å²) in [5.74, 6) is -1.60. The highest BCUT2D eigenvalue weighted by atomic mass is 19.2. The zero-order valence-electron chi connectivity index (χ0n) is 17.8. The van der Waals surface area contributed by atoms with E-state index in [1.165, 1.54) is 7.11 Å². The van der Waals surface area contributed by atoms with E-state index < -0.39 is 17.7 Å². The van der Waals surface area contributed by atoms with Gasteiger partial charge in [0.1, 0.15) is 5.58 Å². The number of urea groups is 1. The molecule has 1 saturated heterocycles. The van der Waals surface area contributed by atoms with Crippen molar-refractivity contribution in [3.63, 3.8) is 0 Å². The lowest BCUT2D eigenvalue weighted by Gasteiger charge is -2.32. The molecule has 0 unspecified atom stereocenters. The Morgan fingerprint density at radius 1 is 1.21 bits per heavy atom. The van der Waals surface area contributed by atoms with Crippen LogP contribution in [0.2, 0.25) is 0 Å². The highest BCUT2D eigenvalue weighted by Crippen LogP contribution is 2.38. The molecule has 10 heteroatoms. The van der Waals surface area contributed by atoms with Crippen molar-refractivity contribution in [2.75, 3.05) is 30.4 Å². The molecule has 2 aromatic heterocycles. The highest BCUT2D eigenvalue weighted by molar-refractivity contribution is 5.90. The summed E-state index contributed by atoms with van der Waals surface area (Å²) in [5.41, 5.74) is 6.42. The van der Waals surface area contributed by atoms with Crippen molar-refractivity contribution in [1.82, 2.24) is 9.97 Å². The number of primary amides is 1. The van der Waals surface area contributed by atoms with Gasteiger partial charge in [0.2, 0.25) is 0 Å². The molecule has 2 aromatic carbocycles. The summed E-state index contributed by atoms with van der Waals surface area (Å²) in [7, 11) is 1.34. The molecule has 3 heterocycles. The fourth-order valence-corrected chi connectivity index (χ4v) is 4.37. The van der Waals surface area contributed by atoms with Crippen molar-refractivity contribution >= 4 is 39.7 Å². The number of fused-ring (bicyclic) bond motifs is 2. The molecule has 2 amide bonds. The molecule has 0 aliphatic carbocycles. The number of methoxy groups -OCH3 is 1. The maximum absolute atomic E-state index is 15.0. The standard InChI is InChI=1S/C23H21F2N5O3/c1-32-22-21(29-23(26)31)27-15-11-14(24)19(25)18(20(15)28-22)12-6-8-30(9-7-12)17-10-13-4-2-3-5-16(13)33-17/h2-5,10-12H,6-9H2,1H3,(H3,26,27,29,31). The molecule has 5 rings (SSSR count). The predicted molar refractivity (Wildman–Crippen MR) is 120 cm³/mol. The third-order valence-corrected chi connectivity index (χ3v) is 5.92. The van der Waals surface area contributed by atoms with Crippen LogP contribution in [0.1, 0.15) is 24.3 Å². The van der Waals surface area contributed by atoms with Gasteiger partial charge in [-0.1, -0.05) is 18.2 Å². The molecule has 3 N–H and O–H groups in total. The molecule has 0 bridgehead atoms. The van der Waals surface area contributed by atoms with Gasteiger partial charge in [0.05, 0.1) is 18.1 Å². The van der Waals surface area contributed by atoms with E-state index >= 15 is 4.39 Å². The molecular formula is C23H21F2N5O3. The second-order valence-electron chi connectivity index (χ2n) is 7.91. The predicted octanol–water partition coefficient (Wildman–Crippen LogP) is 4.54. The van der Waals surface area contributed by atoms with Crippen molar-refractivity contribution in [3.05, 3.63) is 53.6 Å². The number of piperidine rings is 1. The van der Waals surface area contributed by atoms with Crippen molar-refractivity contribution in [2.24, 2.45) is 5.73 Å². The van der Waals surface area contributed by atoms with E-state index in [1.807, 2.05) is 30.3 Å². The number of anilines is 2. The maximum Gasteiger partial charge on any atom is 0.317 e. The van der Waals surface area contributed by atoms with Crippen LogP contribution in [-0.4, -0.2) is 36.2 Å². The first-order chi connectivity index (χ1) is 15.9. The van der Waals surface area contributed by atoms with E-state index in [0.717, 1.165) is 22.9 Å². The lowest BCUT2D eigenvalue weighted by atomic mass is 9.88. The monoisotopic (exact) mass is 453 g/mol. The number of furan rings is 1. The number of hydrogen-bond acceptors (Lipinski definition) is 6. The maximum atomic E-state index is 15.0. The number of benzene rings is 2. The summed E-state index contributed by atoms with van der Waals surface area (Å²) >= 11 is 0. The Kier molecular flexibility index (Phi) is 5.20. The summed E-state index contributed by atoms with van der Waals surface area (Å²) < 4.78 is 40.6. The van der Waals surface area contributed by atoms with Gasteiger partial charge < -0.3 is 19.8 Å². The number of halogens is 2. The minimum Gasteiger partial charge on any atom is -0.478 e. The first-order valence-corrected chi connectivity index (χ1v) is 10.5. The number of nitrogens with zero attached hydrogens (tertiary/aromatic N) is 3. The first-order valence-electron chi connectivity index (χ1n) is 10.5. The van der Waals surface area contributed by atoms with Gasteiger partial charge >= 0.3 is 6.03 Å². The lowest BCUT2D eigenvalue weighted by Crippen LogP contribution is -2.33. The van der Waals surface area contributed by atoms with Gasteiger partial charge in [-0.2, -0.15) is 0 Å². The minimum atomic E-state index is -1.03. The molecule has 8 nitrogen and oxygen atoms in total. The number of aromatic nitrogens is 2. The Morgan fingerprint density at radius 3 is 2.67 bits per heavy atom. The van der Waals surface area contributed by atoms with E-state index in [2.05, 4.69) is 20.2 Å². The second kappa shape index (κ2) is 8.19. The number of para-hydroxylation sites is 1. The normalized spacial score (nSPS) is 14.7.